The van der Waals surface area contributed by atoms with Gasteiger partial charge in [0.25, 0.3) is 0 Å². The van der Waals surface area contributed by atoms with Crippen molar-refractivity contribution in [3.8, 4) is 11.3 Å². The van der Waals surface area contributed by atoms with Crippen LogP contribution in [0.3, 0.4) is 0 Å². The molecule has 2 nitrogen and oxygen atoms in total. The molecule has 0 saturated heterocycles. The van der Waals surface area contributed by atoms with Crippen LogP contribution in [0, 0.1) is 18.6 Å². The van der Waals surface area contributed by atoms with E-state index in [9.17, 15) is 13.6 Å². The van der Waals surface area contributed by atoms with Crippen LogP contribution < -0.4 is 0 Å². The Morgan fingerprint density at radius 2 is 1.94 bits per heavy atom. The number of rotatable bonds is 3. The smallest absolute Gasteiger partial charge is 0.137 e. The molecule has 0 radical (unpaired) electrons. The number of hydrogen-bond donors (Lipinski definition) is 0. The summed E-state index contributed by atoms with van der Waals surface area (Å²) in [7, 11) is 0. The molecule has 94 valence electrons. The Kier molecular flexibility index (Phi) is 3.28. The lowest BCUT2D eigenvalue weighted by Crippen LogP contribution is -1.93. The molecule has 1 heterocycles. The van der Waals surface area contributed by atoms with Gasteiger partial charge < -0.3 is 4.42 Å². The molecular formula is C14H12F2O2. The molecule has 0 spiro atoms. The molecule has 0 fully saturated rings. The van der Waals surface area contributed by atoms with Gasteiger partial charge in [-0.1, -0.05) is 0 Å². The van der Waals surface area contributed by atoms with Crippen molar-refractivity contribution >= 4 is 5.78 Å². The van der Waals surface area contributed by atoms with E-state index in [2.05, 4.69) is 0 Å². The summed E-state index contributed by atoms with van der Waals surface area (Å²) >= 11 is 0. The summed E-state index contributed by atoms with van der Waals surface area (Å²) in [6, 6.07) is 5.35. The molecule has 2 aromatic rings. The van der Waals surface area contributed by atoms with Gasteiger partial charge in [0.2, 0.25) is 0 Å². The van der Waals surface area contributed by atoms with Gasteiger partial charge in [-0.05, 0) is 43.7 Å². The lowest BCUT2D eigenvalue weighted by molar-refractivity contribution is -0.116. The standard InChI is InChI=1S/C14H12F2O2/c1-8-5-13(16)11(7-12(8)15)14-4-3-10(18-14)6-9(2)17/h3-5,7H,6H2,1-2H3. The predicted molar refractivity (Wildman–Crippen MR) is 63.2 cm³/mol. The monoisotopic (exact) mass is 250 g/mol. The fraction of sp³-hybridized carbons (Fsp3) is 0.214. The Balaban J connectivity index is 2.40. The molecule has 0 atom stereocenters. The highest BCUT2D eigenvalue weighted by Crippen LogP contribution is 2.27. The van der Waals surface area contributed by atoms with Crippen molar-refractivity contribution in [1.29, 1.82) is 0 Å². The second kappa shape index (κ2) is 4.72. The summed E-state index contributed by atoms with van der Waals surface area (Å²) < 4.78 is 32.4. The van der Waals surface area contributed by atoms with E-state index in [4.69, 9.17) is 4.42 Å². The van der Waals surface area contributed by atoms with Crippen LogP contribution in [0.25, 0.3) is 11.3 Å². The first-order valence-corrected chi connectivity index (χ1v) is 5.51. The SMILES string of the molecule is CC(=O)Cc1ccc(-c2cc(F)c(C)cc2F)o1. The number of aryl methyl sites for hydroxylation is 1. The van der Waals surface area contributed by atoms with Crippen LogP contribution in [0.1, 0.15) is 18.2 Å². The zero-order chi connectivity index (χ0) is 13.3. The summed E-state index contributed by atoms with van der Waals surface area (Å²) in [4.78, 5) is 10.9. The average Bonchev–Trinajstić information content (AvgIpc) is 2.70. The van der Waals surface area contributed by atoms with E-state index in [-0.39, 0.29) is 29.1 Å². The highest BCUT2D eigenvalue weighted by molar-refractivity contribution is 5.77. The average molecular weight is 250 g/mol. The fourth-order valence-electron chi connectivity index (χ4n) is 1.70. The molecule has 1 aromatic heterocycles. The lowest BCUT2D eigenvalue weighted by Gasteiger charge is -2.02. The molecule has 0 saturated carbocycles. The number of benzene rings is 1. The van der Waals surface area contributed by atoms with Crippen LogP contribution in [-0.4, -0.2) is 5.78 Å². The van der Waals surface area contributed by atoms with Crippen molar-refractivity contribution in [2.75, 3.05) is 0 Å². The van der Waals surface area contributed by atoms with Crippen LogP contribution >= 0.6 is 0 Å². The largest absolute Gasteiger partial charge is 0.461 e. The van der Waals surface area contributed by atoms with E-state index in [0.29, 0.717) is 5.76 Å². The van der Waals surface area contributed by atoms with Crippen LogP contribution in [0.15, 0.2) is 28.7 Å². The second-order valence-corrected chi connectivity index (χ2v) is 4.23. The van der Waals surface area contributed by atoms with Crippen molar-refractivity contribution in [2.45, 2.75) is 20.3 Å². The van der Waals surface area contributed by atoms with Crippen molar-refractivity contribution in [1.82, 2.24) is 0 Å². The van der Waals surface area contributed by atoms with Crippen LogP contribution in [0.4, 0.5) is 8.78 Å². The van der Waals surface area contributed by atoms with Gasteiger partial charge in [0.15, 0.2) is 0 Å². The third-order valence-corrected chi connectivity index (χ3v) is 2.60. The third kappa shape index (κ3) is 2.47. The van der Waals surface area contributed by atoms with E-state index >= 15 is 0 Å². The summed E-state index contributed by atoms with van der Waals surface area (Å²) in [5.41, 5.74) is 0.305. The van der Waals surface area contributed by atoms with E-state index in [1.54, 1.807) is 6.07 Å². The van der Waals surface area contributed by atoms with Crippen molar-refractivity contribution in [3.05, 3.63) is 47.2 Å². The zero-order valence-electron chi connectivity index (χ0n) is 10.1. The van der Waals surface area contributed by atoms with Crippen LogP contribution in [-0.2, 0) is 11.2 Å². The first-order valence-electron chi connectivity index (χ1n) is 5.51. The Morgan fingerprint density at radius 3 is 2.61 bits per heavy atom. The number of ketones is 1. The Morgan fingerprint density at radius 1 is 1.22 bits per heavy atom. The summed E-state index contributed by atoms with van der Waals surface area (Å²) in [6.07, 6.45) is 0.149. The van der Waals surface area contributed by atoms with Gasteiger partial charge in [0.1, 0.15) is 28.9 Å². The fourth-order valence-corrected chi connectivity index (χ4v) is 1.70. The highest BCUT2D eigenvalue weighted by atomic mass is 19.1. The van der Waals surface area contributed by atoms with Gasteiger partial charge in [-0.15, -0.1) is 0 Å². The minimum absolute atomic E-state index is 0.0496. The normalized spacial score (nSPS) is 10.7. The number of carbonyl (C=O) groups excluding carboxylic acids is 1. The molecule has 0 unspecified atom stereocenters. The van der Waals surface area contributed by atoms with E-state index in [1.165, 1.54) is 19.9 Å². The minimum Gasteiger partial charge on any atom is -0.461 e. The van der Waals surface area contributed by atoms with Crippen molar-refractivity contribution < 1.29 is 18.0 Å². The minimum atomic E-state index is -0.544. The lowest BCUT2D eigenvalue weighted by atomic mass is 10.1. The zero-order valence-corrected chi connectivity index (χ0v) is 10.1. The Hall–Kier alpha value is -1.97. The number of halogens is 2. The maximum Gasteiger partial charge on any atom is 0.137 e. The summed E-state index contributed by atoms with van der Waals surface area (Å²) in [5.74, 6) is -0.416. The highest BCUT2D eigenvalue weighted by Gasteiger charge is 2.13. The summed E-state index contributed by atoms with van der Waals surface area (Å²) in [5, 5.41) is 0. The Labute approximate surface area is 103 Å². The first kappa shape index (κ1) is 12.5. The van der Waals surface area contributed by atoms with Gasteiger partial charge in [0, 0.05) is 0 Å². The molecule has 0 bridgehead atoms. The number of hydrogen-bond acceptors (Lipinski definition) is 2. The maximum absolute atomic E-state index is 13.7. The van der Waals surface area contributed by atoms with Crippen molar-refractivity contribution in [2.24, 2.45) is 0 Å². The first-order chi connectivity index (χ1) is 8.47. The molecule has 0 amide bonds. The van der Waals surface area contributed by atoms with E-state index in [0.717, 1.165) is 12.1 Å². The molecule has 0 aliphatic rings. The van der Waals surface area contributed by atoms with Crippen LogP contribution in [0.5, 0.6) is 0 Å². The topological polar surface area (TPSA) is 30.2 Å². The van der Waals surface area contributed by atoms with E-state index < -0.39 is 11.6 Å². The number of carbonyl (C=O) groups is 1. The number of furan rings is 1. The molecular weight excluding hydrogens is 238 g/mol. The van der Waals surface area contributed by atoms with Gasteiger partial charge in [0.05, 0.1) is 12.0 Å². The predicted octanol–water partition coefficient (Wildman–Crippen LogP) is 3.66. The van der Waals surface area contributed by atoms with Crippen molar-refractivity contribution in [3.63, 3.8) is 0 Å². The van der Waals surface area contributed by atoms with Gasteiger partial charge in [-0.25, -0.2) is 8.78 Å². The van der Waals surface area contributed by atoms with Gasteiger partial charge in [-0.3, -0.25) is 4.79 Å². The quantitative estimate of drug-likeness (QED) is 0.832. The van der Waals surface area contributed by atoms with E-state index in [1.807, 2.05) is 0 Å². The molecule has 1 aromatic carbocycles. The molecule has 2 rings (SSSR count). The third-order valence-electron chi connectivity index (χ3n) is 2.60. The molecule has 4 heteroatoms. The van der Waals surface area contributed by atoms with Gasteiger partial charge in [-0.2, -0.15) is 0 Å². The maximum atomic E-state index is 13.7. The molecule has 18 heavy (non-hydrogen) atoms. The summed E-state index contributed by atoms with van der Waals surface area (Å²) in [6.45, 7) is 2.93. The molecule has 0 aliphatic carbocycles. The Bertz CT molecular complexity index is 600. The molecule has 0 aliphatic heterocycles. The van der Waals surface area contributed by atoms with Gasteiger partial charge >= 0.3 is 0 Å². The van der Waals surface area contributed by atoms with Crippen LogP contribution in [0.2, 0.25) is 0 Å². The number of Topliss-reactive ketones (excluding diaryl/α,β-unsaturated/α-hetero) is 1. The molecule has 0 N–H and O–H groups in total. The second-order valence-electron chi connectivity index (χ2n) is 4.23.